The summed E-state index contributed by atoms with van der Waals surface area (Å²) in [6.07, 6.45) is 1.79. The van der Waals surface area contributed by atoms with Crippen LogP contribution in [0, 0.1) is 6.92 Å². The number of nitrogens with one attached hydrogen (secondary N) is 1. The monoisotopic (exact) mass is 235 g/mol. The molecule has 1 aromatic heterocycles. The van der Waals surface area contributed by atoms with E-state index in [9.17, 15) is 4.79 Å². The van der Waals surface area contributed by atoms with E-state index in [1.807, 2.05) is 55.5 Å². The minimum atomic E-state index is 0.0625. The predicted octanol–water partition coefficient (Wildman–Crippen LogP) is 3.71. The first-order chi connectivity index (χ1) is 8.75. The lowest BCUT2D eigenvalue weighted by Crippen LogP contribution is -1.99. The van der Waals surface area contributed by atoms with Crippen molar-refractivity contribution < 1.29 is 4.79 Å². The molecule has 0 atom stereocenters. The molecule has 1 heterocycles. The fourth-order valence-electron chi connectivity index (χ4n) is 2.17. The molecule has 0 saturated heterocycles. The maximum atomic E-state index is 12.4. The zero-order chi connectivity index (χ0) is 12.5. The SMILES string of the molecule is Cc1ccc2[nH]cc(C(=O)c3ccccc3)c2c1. The third-order valence-corrected chi connectivity index (χ3v) is 3.12. The molecule has 2 heteroatoms. The summed E-state index contributed by atoms with van der Waals surface area (Å²) in [7, 11) is 0. The van der Waals surface area contributed by atoms with Gasteiger partial charge in [-0.15, -0.1) is 0 Å². The van der Waals surface area contributed by atoms with E-state index >= 15 is 0 Å². The van der Waals surface area contributed by atoms with Crippen molar-refractivity contribution in [2.45, 2.75) is 6.92 Å². The van der Waals surface area contributed by atoms with E-state index < -0.39 is 0 Å². The minimum Gasteiger partial charge on any atom is -0.360 e. The lowest BCUT2D eigenvalue weighted by atomic mass is 10.0. The Kier molecular flexibility index (Phi) is 2.49. The van der Waals surface area contributed by atoms with Gasteiger partial charge in [0.2, 0.25) is 0 Å². The quantitative estimate of drug-likeness (QED) is 0.675. The highest BCUT2D eigenvalue weighted by Crippen LogP contribution is 2.22. The minimum absolute atomic E-state index is 0.0625. The Hall–Kier alpha value is -2.35. The summed E-state index contributed by atoms with van der Waals surface area (Å²) in [5.41, 5.74) is 3.61. The highest BCUT2D eigenvalue weighted by atomic mass is 16.1. The van der Waals surface area contributed by atoms with E-state index in [2.05, 4.69) is 4.98 Å². The number of aromatic nitrogens is 1. The smallest absolute Gasteiger partial charge is 0.195 e. The molecule has 88 valence electrons. The fourth-order valence-corrected chi connectivity index (χ4v) is 2.17. The van der Waals surface area contributed by atoms with E-state index in [1.165, 1.54) is 0 Å². The maximum absolute atomic E-state index is 12.4. The Labute approximate surface area is 105 Å². The van der Waals surface area contributed by atoms with Gasteiger partial charge in [-0.25, -0.2) is 0 Å². The Balaban J connectivity index is 2.15. The van der Waals surface area contributed by atoms with E-state index in [-0.39, 0.29) is 5.78 Å². The summed E-state index contributed by atoms with van der Waals surface area (Å²) < 4.78 is 0. The van der Waals surface area contributed by atoms with Gasteiger partial charge >= 0.3 is 0 Å². The molecule has 18 heavy (non-hydrogen) atoms. The van der Waals surface area contributed by atoms with Gasteiger partial charge in [-0.1, -0.05) is 42.0 Å². The first-order valence-corrected chi connectivity index (χ1v) is 5.93. The van der Waals surface area contributed by atoms with Crippen molar-refractivity contribution in [3.05, 3.63) is 71.4 Å². The molecule has 0 fully saturated rings. The molecule has 2 nitrogen and oxygen atoms in total. The van der Waals surface area contributed by atoms with Crippen LogP contribution >= 0.6 is 0 Å². The summed E-state index contributed by atoms with van der Waals surface area (Å²) in [6, 6.07) is 15.5. The normalized spacial score (nSPS) is 10.7. The van der Waals surface area contributed by atoms with Crippen LogP contribution in [0.25, 0.3) is 10.9 Å². The van der Waals surface area contributed by atoms with Crippen molar-refractivity contribution in [3.63, 3.8) is 0 Å². The predicted molar refractivity (Wildman–Crippen MR) is 72.9 cm³/mol. The lowest BCUT2D eigenvalue weighted by molar-refractivity contribution is 0.104. The van der Waals surface area contributed by atoms with E-state index in [0.29, 0.717) is 0 Å². The van der Waals surface area contributed by atoms with Gasteiger partial charge in [0.25, 0.3) is 0 Å². The van der Waals surface area contributed by atoms with Gasteiger partial charge in [0.05, 0.1) is 0 Å². The number of aromatic amines is 1. The summed E-state index contributed by atoms with van der Waals surface area (Å²) in [6.45, 7) is 2.03. The molecule has 0 unspecified atom stereocenters. The Morgan fingerprint density at radius 1 is 1.06 bits per heavy atom. The van der Waals surface area contributed by atoms with E-state index in [1.54, 1.807) is 6.20 Å². The second kappa shape index (κ2) is 4.15. The lowest BCUT2D eigenvalue weighted by Gasteiger charge is -2.00. The highest BCUT2D eigenvalue weighted by molar-refractivity contribution is 6.16. The number of hydrogen-bond donors (Lipinski definition) is 1. The molecule has 0 aliphatic carbocycles. The zero-order valence-electron chi connectivity index (χ0n) is 10.1. The number of aryl methyl sites for hydroxylation is 1. The third-order valence-electron chi connectivity index (χ3n) is 3.12. The molecule has 0 bridgehead atoms. The molecular weight excluding hydrogens is 222 g/mol. The van der Waals surface area contributed by atoms with Gasteiger partial charge in [0.15, 0.2) is 5.78 Å². The van der Waals surface area contributed by atoms with Crippen LogP contribution in [0.3, 0.4) is 0 Å². The maximum Gasteiger partial charge on any atom is 0.195 e. The van der Waals surface area contributed by atoms with Gasteiger partial charge in [0, 0.05) is 28.2 Å². The molecule has 0 amide bonds. The molecule has 0 aliphatic heterocycles. The van der Waals surface area contributed by atoms with Crippen molar-refractivity contribution in [1.29, 1.82) is 0 Å². The second-order valence-corrected chi connectivity index (χ2v) is 4.45. The molecule has 0 spiro atoms. The van der Waals surface area contributed by atoms with Crippen LogP contribution in [0.15, 0.2) is 54.7 Å². The first-order valence-electron chi connectivity index (χ1n) is 5.93. The fraction of sp³-hybridized carbons (Fsp3) is 0.0625. The van der Waals surface area contributed by atoms with Crippen LogP contribution in [0.2, 0.25) is 0 Å². The third kappa shape index (κ3) is 1.72. The number of benzene rings is 2. The molecule has 3 rings (SSSR count). The Morgan fingerprint density at radius 2 is 1.83 bits per heavy atom. The van der Waals surface area contributed by atoms with Crippen LogP contribution in [-0.4, -0.2) is 10.8 Å². The largest absolute Gasteiger partial charge is 0.360 e. The van der Waals surface area contributed by atoms with E-state index in [0.717, 1.165) is 27.6 Å². The number of carbonyl (C=O) groups is 1. The summed E-state index contributed by atoms with van der Waals surface area (Å²) in [5.74, 6) is 0.0625. The van der Waals surface area contributed by atoms with Gasteiger partial charge in [-0.2, -0.15) is 0 Å². The van der Waals surface area contributed by atoms with E-state index in [4.69, 9.17) is 0 Å². The summed E-state index contributed by atoms with van der Waals surface area (Å²) in [5, 5.41) is 0.990. The first kappa shape index (κ1) is 10.8. The number of H-pyrrole nitrogens is 1. The number of hydrogen-bond acceptors (Lipinski definition) is 1. The van der Waals surface area contributed by atoms with Crippen molar-refractivity contribution >= 4 is 16.7 Å². The number of carbonyl (C=O) groups excluding carboxylic acids is 1. The number of rotatable bonds is 2. The molecule has 0 aliphatic rings. The number of fused-ring (bicyclic) bond motifs is 1. The summed E-state index contributed by atoms with van der Waals surface area (Å²) >= 11 is 0. The van der Waals surface area contributed by atoms with Crippen LogP contribution in [-0.2, 0) is 0 Å². The molecule has 0 radical (unpaired) electrons. The highest BCUT2D eigenvalue weighted by Gasteiger charge is 2.13. The molecule has 0 saturated carbocycles. The Bertz CT molecular complexity index is 710. The topological polar surface area (TPSA) is 32.9 Å². The molecule has 2 aromatic carbocycles. The van der Waals surface area contributed by atoms with Crippen LogP contribution < -0.4 is 0 Å². The van der Waals surface area contributed by atoms with Crippen molar-refractivity contribution in [2.24, 2.45) is 0 Å². The van der Waals surface area contributed by atoms with Crippen LogP contribution in [0.1, 0.15) is 21.5 Å². The Morgan fingerprint density at radius 3 is 2.61 bits per heavy atom. The van der Waals surface area contributed by atoms with Crippen LogP contribution in [0.4, 0.5) is 0 Å². The average molecular weight is 235 g/mol. The zero-order valence-corrected chi connectivity index (χ0v) is 10.1. The standard InChI is InChI=1S/C16H13NO/c1-11-7-8-15-13(9-11)14(10-17-15)16(18)12-5-3-2-4-6-12/h2-10,17H,1H3. The second-order valence-electron chi connectivity index (χ2n) is 4.45. The number of ketones is 1. The molecular formula is C16H13NO. The van der Waals surface area contributed by atoms with Gasteiger partial charge in [-0.05, 0) is 19.1 Å². The van der Waals surface area contributed by atoms with Gasteiger partial charge in [-0.3, -0.25) is 4.79 Å². The van der Waals surface area contributed by atoms with Crippen molar-refractivity contribution in [2.75, 3.05) is 0 Å². The van der Waals surface area contributed by atoms with Gasteiger partial charge < -0.3 is 4.98 Å². The molecule has 3 aromatic rings. The molecule has 1 N–H and O–H groups in total. The van der Waals surface area contributed by atoms with Crippen LogP contribution in [0.5, 0.6) is 0 Å². The van der Waals surface area contributed by atoms with Gasteiger partial charge in [0.1, 0.15) is 0 Å². The average Bonchev–Trinajstić information content (AvgIpc) is 2.82. The van der Waals surface area contributed by atoms with Crippen molar-refractivity contribution in [1.82, 2.24) is 4.98 Å². The summed E-state index contributed by atoms with van der Waals surface area (Å²) in [4.78, 5) is 15.6. The van der Waals surface area contributed by atoms with Crippen molar-refractivity contribution in [3.8, 4) is 0 Å².